The number of aryl methyl sites for hydroxylation is 4. The maximum Gasteiger partial charge on any atom is -0.000443 e. The lowest BCUT2D eigenvalue weighted by atomic mass is 9.76. The molecular formula is C89H88. The van der Waals surface area contributed by atoms with E-state index in [1.165, 1.54) is 269 Å². The Labute approximate surface area is 527 Å². The first kappa shape index (κ1) is 56.4. The van der Waals surface area contributed by atoms with E-state index in [0.717, 1.165) is 32.1 Å². The SMILES string of the molecule is CCCCCCCc1c(CCCCCCC)c2c3ccccc3c3cc(Cc4cc5c6ccccc6c6c(CCCCCCC)c(CCCCCCC)c7c8ccccc8c8cccc9c(c4)c5c6c7c89)cc4c5cccc6c7ccccc7c1c(c65)c2c34. The quantitative estimate of drug-likeness (QED) is 0.0288. The Kier molecular flexibility index (Phi) is 15.1. The number of unbranched alkanes of at least 4 members (excludes halogenated alkanes) is 16. The lowest BCUT2D eigenvalue weighted by Gasteiger charge is -2.27. The van der Waals surface area contributed by atoms with Crippen LogP contribution in [-0.4, -0.2) is 0 Å². The van der Waals surface area contributed by atoms with E-state index >= 15 is 0 Å². The molecular weight excluding hydrogens is 1070 g/mol. The highest BCUT2D eigenvalue weighted by Gasteiger charge is 2.30. The molecule has 0 heteroatoms. The fourth-order valence-corrected chi connectivity index (χ4v) is 18.1. The molecule has 0 aliphatic carbocycles. The van der Waals surface area contributed by atoms with E-state index in [0.29, 0.717) is 0 Å². The molecule has 0 unspecified atom stereocenters. The molecule has 16 aromatic rings. The summed E-state index contributed by atoms with van der Waals surface area (Å²) in [6.45, 7) is 9.40. The molecule has 0 amide bonds. The third kappa shape index (κ3) is 9.10. The molecule has 0 radical (unpaired) electrons. The van der Waals surface area contributed by atoms with Crippen molar-refractivity contribution in [3.63, 3.8) is 0 Å². The summed E-state index contributed by atoms with van der Waals surface area (Å²) in [6.07, 6.45) is 31.1. The third-order valence-corrected chi connectivity index (χ3v) is 22.0. The van der Waals surface area contributed by atoms with E-state index in [1.54, 1.807) is 43.8 Å². The lowest BCUT2D eigenvalue weighted by molar-refractivity contribution is 0.623. The molecule has 0 bridgehead atoms. The Hall–Kier alpha value is -7.80. The topological polar surface area (TPSA) is 0 Å². The van der Waals surface area contributed by atoms with Crippen molar-refractivity contribution in [1.29, 1.82) is 0 Å². The molecule has 0 aliphatic heterocycles. The number of fused-ring (bicyclic) bond motifs is 14. The van der Waals surface area contributed by atoms with E-state index < -0.39 is 0 Å². The molecule has 0 fully saturated rings. The van der Waals surface area contributed by atoms with Crippen molar-refractivity contribution in [2.75, 3.05) is 0 Å². The summed E-state index contributed by atoms with van der Waals surface area (Å²) in [7, 11) is 0. The zero-order valence-corrected chi connectivity index (χ0v) is 53.7. The van der Waals surface area contributed by atoms with Crippen molar-refractivity contribution in [3.8, 4) is 0 Å². The second-order valence-electron chi connectivity index (χ2n) is 27.5. The Morgan fingerprint density at radius 2 is 0.382 bits per heavy atom. The van der Waals surface area contributed by atoms with E-state index in [2.05, 4.69) is 185 Å². The third-order valence-electron chi connectivity index (χ3n) is 22.0. The van der Waals surface area contributed by atoms with Crippen LogP contribution >= 0.6 is 0 Å². The average molecular weight is 1160 g/mol. The van der Waals surface area contributed by atoms with Crippen LogP contribution in [0.5, 0.6) is 0 Å². The average Bonchev–Trinajstić information content (AvgIpc) is 0.693. The fraction of sp³-hybridized carbons (Fsp3) is 0.326. The highest BCUT2D eigenvalue weighted by atomic mass is 14.3. The van der Waals surface area contributed by atoms with Gasteiger partial charge < -0.3 is 0 Å². The first-order valence-electron chi connectivity index (χ1n) is 35.6. The molecule has 0 N–H and O–H groups in total. The summed E-state index contributed by atoms with van der Waals surface area (Å²) in [4.78, 5) is 0. The largest absolute Gasteiger partial charge is 0.0654 e. The van der Waals surface area contributed by atoms with Crippen molar-refractivity contribution in [1.82, 2.24) is 0 Å². The Morgan fingerprint density at radius 1 is 0.180 bits per heavy atom. The minimum Gasteiger partial charge on any atom is -0.0654 e. The van der Waals surface area contributed by atoms with E-state index in [1.807, 2.05) is 0 Å². The van der Waals surface area contributed by atoms with E-state index in [-0.39, 0.29) is 0 Å². The summed E-state index contributed by atoms with van der Waals surface area (Å²) in [5, 5.41) is 40.7. The monoisotopic (exact) mass is 1160 g/mol. The normalized spacial score (nSPS) is 12.7. The smallest absolute Gasteiger partial charge is 0.000443 e. The molecule has 0 nitrogen and oxygen atoms in total. The van der Waals surface area contributed by atoms with E-state index in [4.69, 9.17) is 0 Å². The molecule has 0 heterocycles. The highest BCUT2D eigenvalue weighted by molar-refractivity contribution is 6.50. The summed E-state index contributed by atoms with van der Waals surface area (Å²) >= 11 is 0. The summed E-state index contributed by atoms with van der Waals surface area (Å²) in [5.41, 5.74) is 9.34. The van der Waals surface area contributed by atoms with Crippen molar-refractivity contribution >= 4 is 151 Å². The van der Waals surface area contributed by atoms with Crippen LogP contribution in [0.4, 0.5) is 0 Å². The van der Waals surface area contributed by atoms with Gasteiger partial charge in [0, 0.05) is 0 Å². The van der Waals surface area contributed by atoms with Gasteiger partial charge in [-0.05, 0) is 242 Å². The zero-order valence-electron chi connectivity index (χ0n) is 53.7. The zero-order chi connectivity index (χ0) is 59.7. The van der Waals surface area contributed by atoms with Gasteiger partial charge in [-0.15, -0.1) is 0 Å². The molecule has 0 spiro atoms. The first-order chi connectivity index (χ1) is 44.1. The second-order valence-corrected chi connectivity index (χ2v) is 27.5. The van der Waals surface area contributed by atoms with Crippen LogP contribution < -0.4 is 0 Å². The Balaban J connectivity index is 0.968. The van der Waals surface area contributed by atoms with Crippen LogP contribution in [0.3, 0.4) is 0 Å². The maximum atomic E-state index is 2.66. The molecule has 16 aromatic carbocycles. The summed E-state index contributed by atoms with van der Waals surface area (Å²) in [6, 6.07) is 63.5. The molecule has 0 saturated carbocycles. The fourth-order valence-electron chi connectivity index (χ4n) is 18.1. The summed E-state index contributed by atoms with van der Waals surface area (Å²) in [5.74, 6) is 0. The second kappa shape index (κ2) is 23.9. The van der Waals surface area contributed by atoms with Gasteiger partial charge in [0.2, 0.25) is 0 Å². The van der Waals surface area contributed by atoms with E-state index in [9.17, 15) is 0 Å². The van der Waals surface area contributed by atoms with Gasteiger partial charge in [0.25, 0.3) is 0 Å². The minimum absolute atomic E-state index is 0.844. The van der Waals surface area contributed by atoms with Gasteiger partial charge in [0.1, 0.15) is 0 Å². The minimum atomic E-state index is 0.844. The number of hydrogen-bond donors (Lipinski definition) is 0. The Bertz CT molecular complexity index is 4950. The lowest BCUT2D eigenvalue weighted by Crippen LogP contribution is -2.04. The van der Waals surface area contributed by atoms with Crippen LogP contribution in [0.25, 0.3) is 151 Å². The molecule has 0 aromatic heterocycles. The predicted octanol–water partition coefficient (Wildman–Crippen LogP) is 27.2. The van der Waals surface area contributed by atoms with Crippen LogP contribution in [0, 0.1) is 0 Å². The molecule has 0 saturated heterocycles. The van der Waals surface area contributed by atoms with Crippen molar-refractivity contribution in [2.24, 2.45) is 0 Å². The highest BCUT2D eigenvalue weighted by Crippen LogP contribution is 2.56. The number of benzene rings is 16. The molecule has 0 atom stereocenters. The molecule has 0 aliphatic rings. The first-order valence-corrected chi connectivity index (χ1v) is 35.6. The molecule has 444 valence electrons. The standard InChI is InChI=1S/C89H88/c1-5-9-13-17-21-39-68-70(41-23-19-15-11-7-3)80-64-45-31-27-37-60(64)74-52-56(54-76-72-49-33-47-66-58-35-25-29-43-62(58)78(68)86(82(66)72)88(80)84(74)76)51-57-53-75-61-38-28-32-46-65(61)81-71(42-24-20-16-12-8-4)69(40-22-18-14-10-6-2)79-63-44-30-26-36-59(63)67-48-34-50-73-77(55-57)85(75)89(81)87(79)83(67)73/h25-38,43-50,52-55H,5-24,39-42,51H2,1-4H3. The number of rotatable bonds is 26. The van der Waals surface area contributed by atoms with Gasteiger partial charge in [-0.2, -0.15) is 0 Å². The summed E-state index contributed by atoms with van der Waals surface area (Å²) < 4.78 is 0. The molecule has 89 heavy (non-hydrogen) atoms. The maximum absolute atomic E-state index is 2.66. The van der Waals surface area contributed by atoms with Crippen molar-refractivity contribution in [3.05, 3.63) is 191 Å². The van der Waals surface area contributed by atoms with Crippen molar-refractivity contribution < 1.29 is 0 Å². The van der Waals surface area contributed by atoms with Gasteiger partial charge in [-0.25, -0.2) is 0 Å². The van der Waals surface area contributed by atoms with Crippen LogP contribution in [0.1, 0.15) is 189 Å². The van der Waals surface area contributed by atoms with Gasteiger partial charge in [-0.3, -0.25) is 0 Å². The predicted molar refractivity (Wildman–Crippen MR) is 395 cm³/mol. The van der Waals surface area contributed by atoms with Crippen LogP contribution in [0.2, 0.25) is 0 Å². The number of hydrogen-bond acceptors (Lipinski definition) is 0. The van der Waals surface area contributed by atoms with Gasteiger partial charge in [0.15, 0.2) is 0 Å². The van der Waals surface area contributed by atoms with Crippen molar-refractivity contribution in [2.45, 2.75) is 188 Å². The Morgan fingerprint density at radius 3 is 0.663 bits per heavy atom. The van der Waals surface area contributed by atoms with Gasteiger partial charge in [-0.1, -0.05) is 288 Å². The van der Waals surface area contributed by atoms with Crippen LogP contribution in [0.15, 0.2) is 158 Å². The van der Waals surface area contributed by atoms with Crippen LogP contribution in [-0.2, 0) is 32.1 Å². The molecule has 16 rings (SSSR count). The van der Waals surface area contributed by atoms with Gasteiger partial charge in [0.05, 0.1) is 0 Å². The van der Waals surface area contributed by atoms with Gasteiger partial charge >= 0.3 is 0 Å².